The summed E-state index contributed by atoms with van der Waals surface area (Å²) in [6.45, 7) is 4.89. The summed E-state index contributed by atoms with van der Waals surface area (Å²) in [5.41, 5.74) is 6.40. The molecule has 10 nitrogen and oxygen atoms in total. The van der Waals surface area contributed by atoms with Gasteiger partial charge >= 0.3 is 17.9 Å². The maximum absolute atomic E-state index is 12.8. The first kappa shape index (κ1) is 26.8. The lowest BCUT2D eigenvalue weighted by atomic mass is 9.88. The number of rotatable bonds is 13. The Balaban J connectivity index is 2.06. The Morgan fingerprint density at radius 3 is 2.56 bits per heavy atom. The van der Waals surface area contributed by atoms with Crippen molar-refractivity contribution < 1.29 is 33.8 Å². The summed E-state index contributed by atoms with van der Waals surface area (Å²) in [7, 11) is 0. The van der Waals surface area contributed by atoms with Crippen molar-refractivity contribution in [2.45, 2.75) is 65.0 Å². The molecule has 0 saturated heterocycles. The molecule has 0 aliphatic heterocycles. The fourth-order valence-electron chi connectivity index (χ4n) is 3.55. The van der Waals surface area contributed by atoms with Crippen LogP contribution in [-0.4, -0.2) is 52.8 Å². The van der Waals surface area contributed by atoms with Crippen molar-refractivity contribution in [2.24, 2.45) is 11.1 Å². The lowest BCUT2D eigenvalue weighted by molar-refractivity contribution is -0.175. The number of hydrogen-bond acceptors (Lipinski definition) is 7. The highest BCUT2D eigenvalue weighted by Crippen LogP contribution is 2.24. The Kier molecular flexibility index (Phi) is 9.61. The van der Waals surface area contributed by atoms with Crippen LogP contribution in [0.4, 0.5) is 0 Å². The van der Waals surface area contributed by atoms with Gasteiger partial charge in [0.2, 0.25) is 12.7 Å². The maximum atomic E-state index is 12.8. The van der Waals surface area contributed by atoms with Gasteiger partial charge in [-0.1, -0.05) is 31.5 Å². The number of para-hydroxylation sites is 1. The third kappa shape index (κ3) is 7.58. The van der Waals surface area contributed by atoms with E-state index in [1.54, 1.807) is 20.0 Å². The third-order valence-corrected chi connectivity index (χ3v) is 5.54. The molecular formula is C24H33N3O7. The van der Waals surface area contributed by atoms with Gasteiger partial charge < -0.3 is 30.6 Å². The highest BCUT2D eigenvalue weighted by atomic mass is 16.7. The molecule has 10 heteroatoms. The number of fused-ring (bicyclic) bond motifs is 1. The number of ether oxygens (including phenoxy) is 2. The summed E-state index contributed by atoms with van der Waals surface area (Å²) in [4.78, 5) is 51.4. The number of benzene rings is 1. The first-order valence-corrected chi connectivity index (χ1v) is 11.2. The summed E-state index contributed by atoms with van der Waals surface area (Å²) in [6, 6.07) is 5.24. The number of aromatic amines is 1. The van der Waals surface area contributed by atoms with Crippen molar-refractivity contribution in [2.75, 3.05) is 6.79 Å². The van der Waals surface area contributed by atoms with Gasteiger partial charge in [0.1, 0.15) is 12.1 Å². The molecule has 1 amide bonds. The van der Waals surface area contributed by atoms with E-state index in [2.05, 4.69) is 10.3 Å². The Morgan fingerprint density at radius 1 is 1.18 bits per heavy atom. The molecule has 1 aromatic carbocycles. The van der Waals surface area contributed by atoms with Crippen molar-refractivity contribution in [3.05, 3.63) is 36.0 Å². The Bertz CT molecular complexity index is 1010. The smallest absolute Gasteiger partial charge is 0.331 e. The number of carbonyl (C=O) groups excluding carboxylic acids is 3. The molecule has 1 aromatic heterocycles. The Labute approximate surface area is 198 Å². The van der Waals surface area contributed by atoms with E-state index in [0.717, 1.165) is 22.9 Å². The summed E-state index contributed by atoms with van der Waals surface area (Å²) >= 11 is 0. The van der Waals surface area contributed by atoms with Gasteiger partial charge in [-0.05, 0) is 38.3 Å². The number of H-pyrrole nitrogens is 1. The molecule has 0 spiro atoms. The third-order valence-electron chi connectivity index (χ3n) is 5.54. The van der Waals surface area contributed by atoms with Gasteiger partial charge in [-0.2, -0.15) is 0 Å². The van der Waals surface area contributed by atoms with Gasteiger partial charge in [0.05, 0.1) is 5.41 Å². The predicted molar refractivity (Wildman–Crippen MR) is 125 cm³/mol. The molecule has 2 aromatic rings. The number of carbonyl (C=O) groups is 4. The Hall–Kier alpha value is -3.40. The monoisotopic (exact) mass is 475 g/mol. The zero-order valence-corrected chi connectivity index (χ0v) is 19.8. The first-order chi connectivity index (χ1) is 16.0. The number of carboxylic acid groups (broad SMARTS) is 1. The number of esters is 2. The van der Waals surface area contributed by atoms with E-state index in [9.17, 15) is 19.2 Å². The molecule has 0 bridgehead atoms. The van der Waals surface area contributed by atoms with Crippen molar-refractivity contribution >= 4 is 34.7 Å². The lowest BCUT2D eigenvalue weighted by Crippen LogP contribution is -2.44. The molecule has 1 unspecified atom stereocenters. The maximum Gasteiger partial charge on any atom is 0.331 e. The molecule has 2 rings (SSSR count). The van der Waals surface area contributed by atoms with Crippen LogP contribution in [0.1, 0.15) is 52.0 Å². The van der Waals surface area contributed by atoms with Crippen LogP contribution in [0.25, 0.3) is 10.9 Å². The largest absolute Gasteiger partial charge is 0.480 e. The second kappa shape index (κ2) is 12.2. The first-order valence-electron chi connectivity index (χ1n) is 11.2. The van der Waals surface area contributed by atoms with Gasteiger partial charge in [0.25, 0.3) is 0 Å². The fourth-order valence-corrected chi connectivity index (χ4v) is 3.55. The van der Waals surface area contributed by atoms with E-state index >= 15 is 0 Å². The van der Waals surface area contributed by atoms with Crippen molar-refractivity contribution in [3.8, 4) is 0 Å². The molecule has 2 atom stereocenters. The molecule has 0 aliphatic carbocycles. The molecule has 0 radical (unpaired) electrons. The van der Waals surface area contributed by atoms with Gasteiger partial charge in [-0.15, -0.1) is 0 Å². The zero-order valence-electron chi connectivity index (χ0n) is 19.8. The number of aromatic nitrogens is 1. The number of nitrogens with two attached hydrogens (primary N) is 1. The van der Waals surface area contributed by atoms with Crippen LogP contribution in [0.3, 0.4) is 0 Å². The number of hydrogen-bond donors (Lipinski definition) is 4. The predicted octanol–water partition coefficient (Wildman–Crippen LogP) is 2.26. The number of aliphatic carboxylic acids is 1. The fraction of sp³-hybridized carbons (Fsp3) is 0.500. The minimum absolute atomic E-state index is 0.0832. The lowest BCUT2D eigenvalue weighted by Gasteiger charge is -2.22. The van der Waals surface area contributed by atoms with Crippen LogP contribution in [0, 0.1) is 5.41 Å². The van der Waals surface area contributed by atoms with E-state index in [4.69, 9.17) is 20.3 Å². The molecule has 0 aliphatic rings. The van der Waals surface area contributed by atoms with Crippen LogP contribution in [0.5, 0.6) is 0 Å². The number of carboxylic acids is 1. The van der Waals surface area contributed by atoms with Crippen LogP contribution in [0.15, 0.2) is 30.5 Å². The van der Waals surface area contributed by atoms with Gasteiger partial charge in [-0.25, -0.2) is 4.79 Å². The standard InChI is InChI=1S/C24H33N3O7/c1-4-11-24(2,3)23(32)34-14-33-22(31)19(27-20(28)10-9-17(25)21(29)30)12-15-13-26-18-8-6-5-7-16(15)18/h5-8,13,17,19,26H,4,9-12,14,25H2,1-3H3,(H,27,28)(H,29,30)/t17-,19?/m1/s1. The van der Waals surface area contributed by atoms with E-state index in [-0.39, 0.29) is 19.3 Å². The van der Waals surface area contributed by atoms with E-state index < -0.39 is 48.1 Å². The van der Waals surface area contributed by atoms with E-state index in [1.807, 2.05) is 31.2 Å². The van der Waals surface area contributed by atoms with Gasteiger partial charge in [0.15, 0.2) is 0 Å². The van der Waals surface area contributed by atoms with Crippen LogP contribution in [0.2, 0.25) is 0 Å². The summed E-state index contributed by atoms with van der Waals surface area (Å²) < 4.78 is 10.3. The second-order valence-corrected chi connectivity index (χ2v) is 8.81. The minimum Gasteiger partial charge on any atom is -0.480 e. The van der Waals surface area contributed by atoms with E-state index in [1.165, 1.54) is 0 Å². The molecule has 0 fully saturated rings. The normalized spacial score (nSPS) is 13.2. The molecule has 5 N–H and O–H groups in total. The minimum atomic E-state index is -1.21. The Morgan fingerprint density at radius 2 is 1.88 bits per heavy atom. The van der Waals surface area contributed by atoms with Crippen LogP contribution < -0.4 is 11.1 Å². The highest BCUT2D eigenvalue weighted by molar-refractivity contribution is 5.87. The molecule has 186 valence electrons. The number of nitrogens with one attached hydrogen (secondary N) is 2. The topological polar surface area (TPSA) is 161 Å². The van der Waals surface area contributed by atoms with Crippen LogP contribution in [-0.2, 0) is 35.1 Å². The average molecular weight is 476 g/mol. The van der Waals surface area contributed by atoms with Crippen LogP contribution >= 0.6 is 0 Å². The number of amides is 1. The molecule has 34 heavy (non-hydrogen) atoms. The van der Waals surface area contributed by atoms with E-state index in [0.29, 0.717) is 6.42 Å². The second-order valence-electron chi connectivity index (χ2n) is 8.81. The van der Waals surface area contributed by atoms with Gasteiger partial charge in [-0.3, -0.25) is 14.4 Å². The summed E-state index contributed by atoms with van der Waals surface area (Å²) in [5.74, 6) is -3.01. The average Bonchev–Trinajstić information content (AvgIpc) is 3.19. The van der Waals surface area contributed by atoms with Crippen molar-refractivity contribution in [1.82, 2.24) is 10.3 Å². The highest BCUT2D eigenvalue weighted by Gasteiger charge is 2.29. The molecule has 1 heterocycles. The molecule has 0 saturated carbocycles. The quantitative estimate of drug-likeness (QED) is 0.253. The zero-order chi connectivity index (χ0) is 25.3. The summed E-state index contributed by atoms with van der Waals surface area (Å²) in [6.07, 6.45) is 3.02. The van der Waals surface area contributed by atoms with Crippen molar-refractivity contribution in [3.63, 3.8) is 0 Å². The molecular weight excluding hydrogens is 442 g/mol. The SMILES string of the molecule is CCCC(C)(C)C(=O)OCOC(=O)C(Cc1c[nH]c2ccccc12)NC(=O)CC[C@@H](N)C(=O)O. The van der Waals surface area contributed by atoms with Crippen molar-refractivity contribution in [1.29, 1.82) is 0 Å². The van der Waals surface area contributed by atoms with Gasteiger partial charge in [0, 0.05) is 29.9 Å². The summed E-state index contributed by atoms with van der Waals surface area (Å²) in [5, 5.41) is 12.4.